The van der Waals surface area contributed by atoms with Crippen molar-refractivity contribution in [3.63, 3.8) is 0 Å². The SMILES string of the molecule is O=C1C(c2cccs2)=C(N2CCN(Cc3ccccc3)CC2)C(=O)N1c1ccc(F)cc1. The summed E-state index contributed by atoms with van der Waals surface area (Å²) < 4.78 is 13.4. The van der Waals surface area contributed by atoms with Gasteiger partial charge in [-0.05, 0) is 41.3 Å². The highest BCUT2D eigenvalue weighted by atomic mass is 32.1. The van der Waals surface area contributed by atoms with Crippen molar-refractivity contribution in [2.75, 3.05) is 31.1 Å². The van der Waals surface area contributed by atoms with Crippen LogP contribution >= 0.6 is 11.3 Å². The quantitative estimate of drug-likeness (QED) is 0.555. The van der Waals surface area contributed by atoms with Gasteiger partial charge in [-0.15, -0.1) is 11.3 Å². The molecule has 0 radical (unpaired) electrons. The Kier molecular flexibility index (Phi) is 5.59. The van der Waals surface area contributed by atoms with Crippen molar-refractivity contribution in [3.8, 4) is 0 Å². The summed E-state index contributed by atoms with van der Waals surface area (Å²) in [4.78, 5) is 33.2. The van der Waals surface area contributed by atoms with Gasteiger partial charge in [0.2, 0.25) is 0 Å². The number of carbonyl (C=O) groups excluding carboxylic acids is 2. The van der Waals surface area contributed by atoms with Gasteiger partial charge in [0, 0.05) is 37.6 Å². The molecule has 7 heteroatoms. The van der Waals surface area contributed by atoms with Crippen molar-refractivity contribution < 1.29 is 14.0 Å². The van der Waals surface area contributed by atoms with E-state index in [2.05, 4.69) is 17.0 Å². The highest BCUT2D eigenvalue weighted by molar-refractivity contribution is 7.11. The van der Waals surface area contributed by atoms with Crippen LogP contribution in [0.4, 0.5) is 10.1 Å². The summed E-state index contributed by atoms with van der Waals surface area (Å²) in [5.74, 6) is -1.11. The third kappa shape index (κ3) is 3.85. The minimum atomic E-state index is -0.408. The molecule has 2 aliphatic heterocycles. The molecule has 3 heterocycles. The Hall–Kier alpha value is -3.29. The largest absolute Gasteiger partial charge is 0.364 e. The monoisotopic (exact) mass is 447 g/mol. The predicted molar refractivity (Wildman–Crippen MR) is 123 cm³/mol. The van der Waals surface area contributed by atoms with Crippen LogP contribution in [0.5, 0.6) is 0 Å². The third-order valence-electron chi connectivity index (χ3n) is 5.85. The van der Waals surface area contributed by atoms with E-state index < -0.39 is 5.82 Å². The van der Waals surface area contributed by atoms with Gasteiger partial charge in [-0.2, -0.15) is 0 Å². The van der Waals surface area contributed by atoms with Crippen LogP contribution in [0.1, 0.15) is 10.4 Å². The highest BCUT2D eigenvalue weighted by Crippen LogP contribution is 2.36. The second-order valence-electron chi connectivity index (χ2n) is 7.87. The lowest BCUT2D eigenvalue weighted by Crippen LogP contribution is -2.47. The van der Waals surface area contributed by atoms with Crippen LogP contribution < -0.4 is 4.90 Å². The number of anilines is 1. The highest BCUT2D eigenvalue weighted by Gasteiger charge is 2.43. The molecule has 5 rings (SSSR count). The molecule has 0 unspecified atom stereocenters. The molecule has 1 aromatic heterocycles. The summed E-state index contributed by atoms with van der Waals surface area (Å²) in [5, 5.41) is 1.90. The van der Waals surface area contributed by atoms with Crippen LogP contribution in [0.2, 0.25) is 0 Å². The Labute approximate surface area is 190 Å². The molecule has 0 atom stereocenters. The maximum Gasteiger partial charge on any atom is 0.282 e. The van der Waals surface area contributed by atoms with Gasteiger partial charge in [-0.1, -0.05) is 36.4 Å². The van der Waals surface area contributed by atoms with Gasteiger partial charge in [-0.3, -0.25) is 14.5 Å². The van der Waals surface area contributed by atoms with E-state index in [1.54, 1.807) is 0 Å². The summed E-state index contributed by atoms with van der Waals surface area (Å²) in [6, 6.07) is 19.5. The zero-order valence-electron chi connectivity index (χ0n) is 17.4. The van der Waals surface area contributed by atoms with E-state index in [4.69, 9.17) is 0 Å². The molecule has 0 N–H and O–H groups in total. The van der Waals surface area contributed by atoms with Crippen molar-refractivity contribution in [1.29, 1.82) is 0 Å². The zero-order valence-corrected chi connectivity index (χ0v) is 18.2. The molecule has 1 saturated heterocycles. The molecule has 162 valence electrons. The molecule has 1 fully saturated rings. The van der Waals surface area contributed by atoms with E-state index >= 15 is 0 Å². The van der Waals surface area contributed by atoms with Gasteiger partial charge in [0.05, 0.1) is 11.3 Å². The topological polar surface area (TPSA) is 43.9 Å². The number of hydrogen-bond donors (Lipinski definition) is 0. The lowest BCUT2D eigenvalue weighted by Gasteiger charge is -2.36. The number of carbonyl (C=O) groups is 2. The van der Waals surface area contributed by atoms with E-state index in [0.717, 1.165) is 24.5 Å². The molecular weight excluding hydrogens is 425 g/mol. The first-order valence-electron chi connectivity index (χ1n) is 10.6. The first kappa shape index (κ1) is 20.6. The van der Waals surface area contributed by atoms with Gasteiger partial charge in [0.1, 0.15) is 11.5 Å². The van der Waals surface area contributed by atoms with E-state index in [1.807, 2.05) is 40.6 Å². The molecule has 0 bridgehead atoms. The zero-order chi connectivity index (χ0) is 22.1. The molecular formula is C25H22FN3O2S. The van der Waals surface area contributed by atoms with Gasteiger partial charge >= 0.3 is 0 Å². The number of amides is 2. The normalized spacial score (nSPS) is 17.5. The number of halogens is 1. The number of rotatable bonds is 5. The summed E-state index contributed by atoms with van der Waals surface area (Å²) in [6.45, 7) is 3.78. The van der Waals surface area contributed by atoms with Crippen LogP contribution in [-0.2, 0) is 16.1 Å². The van der Waals surface area contributed by atoms with Crippen molar-refractivity contribution >= 4 is 34.4 Å². The fourth-order valence-electron chi connectivity index (χ4n) is 4.25. The first-order chi connectivity index (χ1) is 15.6. The third-order valence-corrected chi connectivity index (χ3v) is 6.74. The number of imide groups is 1. The van der Waals surface area contributed by atoms with Crippen LogP contribution in [0.15, 0.2) is 77.8 Å². The van der Waals surface area contributed by atoms with Gasteiger partial charge in [0.15, 0.2) is 0 Å². The van der Waals surface area contributed by atoms with E-state index in [1.165, 1.54) is 46.1 Å². The van der Waals surface area contributed by atoms with Gasteiger partial charge in [-0.25, -0.2) is 9.29 Å². The summed E-state index contributed by atoms with van der Waals surface area (Å²) in [5.41, 5.74) is 2.52. The smallest absolute Gasteiger partial charge is 0.282 e. The summed E-state index contributed by atoms with van der Waals surface area (Å²) in [6.07, 6.45) is 0. The number of piperazine rings is 1. The van der Waals surface area contributed by atoms with E-state index in [0.29, 0.717) is 30.0 Å². The Morgan fingerprint density at radius 1 is 0.812 bits per heavy atom. The molecule has 2 aromatic carbocycles. The Morgan fingerprint density at radius 2 is 1.53 bits per heavy atom. The van der Waals surface area contributed by atoms with Crippen LogP contribution in [-0.4, -0.2) is 47.8 Å². The van der Waals surface area contributed by atoms with Crippen molar-refractivity contribution in [2.45, 2.75) is 6.54 Å². The van der Waals surface area contributed by atoms with Crippen molar-refractivity contribution in [3.05, 3.63) is 94.1 Å². The average molecular weight is 448 g/mol. The van der Waals surface area contributed by atoms with Crippen LogP contribution in [0, 0.1) is 5.82 Å². The van der Waals surface area contributed by atoms with Gasteiger partial charge in [0.25, 0.3) is 11.8 Å². The first-order valence-corrected chi connectivity index (χ1v) is 11.4. The fourth-order valence-corrected chi connectivity index (χ4v) is 5.01. The number of benzene rings is 2. The lowest BCUT2D eigenvalue weighted by atomic mass is 10.1. The molecule has 0 aliphatic carbocycles. The average Bonchev–Trinajstić information content (AvgIpc) is 3.42. The molecule has 0 spiro atoms. The molecule has 0 saturated carbocycles. The van der Waals surface area contributed by atoms with Crippen LogP contribution in [0.25, 0.3) is 5.57 Å². The second kappa shape index (κ2) is 8.68. The standard InChI is InChI=1S/C25H22FN3O2S/c26-19-8-10-20(11-9-19)29-24(30)22(21-7-4-16-32-21)23(25(29)31)28-14-12-27(13-15-28)17-18-5-2-1-3-6-18/h1-11,16H,12-15,17H2. The Bertz CT molecular complexity index is 1150. The summed E-state index contributed by atoms with van der Waals surface area (Å²) >= 11 is 1.44. The predicted octanol–water partition coefficient (Wildman–Crippen LogP) is 3.99. The fraction of sp³-hybridized carbons (Fsp3) is 0.200. The second-order valence-corrected chi connectivity index (χ2v) is 8.82. The van der Waals surface area contributed by atoms with E-state index in [9.17, 15) is 14.0 Å². The minimum absolute atomic E-state index is 0.346. The number of thiophene rings is 1. The molecule has 3 aromatic rings. The maximum absolute atomic E-state index is 13.5. The molecule has 2 aliphatic rings. The molecule has 32 heavy (non-hydrogen) atoms. The van der Waals surface area contributed by atoms with Gasteiger partial charge < -0.3 is 4.90 Å². The Morgan fingerprint density at radius 3 is 2.19 bits per heavy atom. The summed E-state index contributed by atoms with van der Waals surface area (Å²) in [7, 11) is 0. The number of nitrogens with zero attached hydrogens (tertiary/aromatic N) is 3. The lowest BCUT2D eigenvalue weighted by molar-refractivity contribution is -0.120. The van der Waals surface area contributed by atoms with Crippen LogP contribution in [0.3, 0.4) is 0 Å². The molecule has 2 amide bonds. The van der Waals surface area contributed by atoms with Crippen molar-refractivity contribution in [2.24, 2.45) is 0 Å². The van der Waals surface area contributed by atoms with Crippen molar-refractivity contribution in [1.82, 2.24) is 9.80 Å². The van der Waals surface area contributed by atoms with E-state index in [-0.39, 0.29) is 11.8 Å². The maximum atomic E-state index is 13.5. The number of hydrogen-bond acceptors (Lipinski definition) is 5. The Balaban J connectivity index is 1.41. The minimum Gasteiger partial charge on any atom is -0.364 e. The molecule has 5 nitrogen and oxygen atoms in total.